The molecule has 0 amide bonds. The molecule has 0 bridgehead atoms. The van der Waals surface area contributed by atoms with Crippen molar-refractivity contribution in [3.8, 4) is 17.2 Å². The minimum Gasteiger partial charge on any atom is -0.497 e. The fourth-order valence-electron chi connectivity index (χ4n) is 2.06. The van der Waals surface area contributed by atoms with Crippen LogP contribution in [0.25, 0.3) is 0 Å². The molecule has 0 saturated carbocycles. The van der Waals surface area contributed by atoms with Crippen LogP contribution in [0.5, 0.6) is 17.2 Å². The van der Waals surface area contributed by atoms with Gasteiger partial charge in [0.1, 0.15) is 17.2 Å². The monoisotopic (exact) mass is 335 g/mol. The van der Waals surface area contributed by atoms with E-state index >= 15 is 0 Å². The van der Waals surface area contributed by atoms with Gasteiger partial charge in [0, 0.05) is 11.6 Å². The Morgan fingerprint density at radius 3 is 2.35 bits per heavy atom. The minimum atomic E-state index is -0.0903. The number of carbonyl (C=O) groups is 1. The zero-order valence-corrected chi connectivity index (χ0v) is 13.9. The van der Waals surface area contributed by atoms with Crippen LogP contribution in [0.3, 0.4) is 0 Å². The molecular formula is C17H18ClNO4. The first-order chi connectivity index (χ1) is 11.1. The SMILES string of the molecule is COc1ccc(NCC(=O)c2ccc(OC)c(Cl)c2)c(OC)c1. The molecule has 0 heterocycles. The summed E-state index contributed by atoms with van der Waals surface area (Å²) < 4.78 is 15.5. The van der Waals surface area contributed by atoms with E-state index in [-0.39, 0.29) is 12.3 Å². The number of hydrogen-bond donors (Lipinski definition) is 1. The summed E-state index contributed by atoms with van der Waals surface area (Å²) in [4.78, 5) is 12.3. The maximum absolute atomic E-state index is 12.3. The van der Waals surface area contributed by atoms with Gasteiger partial charge in [-0.2, -0.15) is 0 Å². The highest BCUT2D eigenvalue weighted by atomic mass is 35.5. The quantitative estimate of drug-likeness (QED) is 0.782. The Bertz CT molecular complexity index is 703. The molecule has 0 saturated heterocycles. The lowest BCUT2D eigenvalue weighted by Crippen LogP contribution is -2.14. The summed E-state index contributed by atoms with van der Waals surface area (Å²) in [5.74, 6) is 1.73. The highest BCUT2D eigenvalue weighted by molar-refractivity contribution is 6.32. The molecule has 0 fully saturated rings. The number of ether oxygens (including phenoxy) is 3. The number of benzene rings is 2. The van der Waals surface area contributed by atoms with Crippen molar-refractivity contribution in [3.05, 3.63) is 47.0 Å². The van der Waals surface area contributed by atoms with Crippen molar-refractivity contribution < 1.29 is 19.0 Å². The van der Waals surface area contributed by atoms with Gasteiger partial charge in [-0.1, -0.05) is 11.6 Å². The average molecular weight is 336 g/mol. The maximum atomic E-state index is 12.3. The summed E-state index contributed by atoms with van der Waals surface area (Å²) in [5, 5.41) is 3.46. The Morgan fingerprint density at radius 1 is 1.00 bits per heavy atom. The van der Waals surface area contributed by atoms with E-state index in [1.807, 2.05) is 0 Å². The third-order valence-corrected chi connectivity index (χ3v) is 3.62. The number of nitrogens with one attached hydrogen (secondary N) is 1. The standard InChI is InChI=1S/C17H18ClNO4/c1-21-12-5-6-14(17(9-12)23-3)19-10-15(20)11-4-7-16(22-2)13(18)8-11/h4-9,19H,10H2,1-3H3. The molecule has 2 aromatic rings. The predicted molar refractivity (Wildman–Crippen MR) is 90.4 cm³/mol. The summed E-state index contributed by atoms with van der Waals surface area (Å²) in [6, 6.07) is 10.3. The maximum Gasteiger partial charge on any atom is 0.181 e. The molecule has 2 aromatic carbocycles. The molecule has 0 aromatic heterocycles. The van der Waals surface area contributed by atoms with Crippen LogP contribution in [0.2, 0.25) is 5.02 Å². The number of Topliss-reactive ketones (excluding diaryl/α,β-unsaturated/α-hetero) is 1. The van der Waals surface area contributed by atoms with Crippen LogP contribution in [0.4, 0.5) is 5.69 Å². The van der Waals surface area contributed by atoms with Gasteiger partial charge >= 0.3 is 0 Å². The number of carbonyl (C=O) groups excluding carboxylic acids is 1. The highest BCUT2D eigenvalue weighted by Crippen LogP contribution is 2.29. The molecule has 1 N–H and O–H groups in total. The van der Waals surface area contributed by atoms with Gasteiger partial charge < -0.3 is 19.5 Å². The lowest BCUT2D eigenvalue weighted by Gasteiger charge is -2.12. The first-order valence-corrected chi connectivity index (χ1v) is 7.29. The normalized spacial score (nSPS) is 10.1. The van der Waals surface area contributed by atoms with Gasteiger partial charge in [0.2, 0.25) is 0 Å². The molecule has 0 aliphatic heterocycles. The first-order valence-electron chi connectivity index (χ1n) is 6.91. The second kappa shape index (κ2) is 7.74. The van der Waals surface area contributed by atoms with E-state index in [1.54, 1.807) is 50.6 Å². The molecule has 0 spiro atoms. The van der Waals surface area contributed by atoms with Gasteiger partial charge in [-0.05, 0) is 30.3 Å². The predicted octanol–water partition coefficient (Wildman–Crippen LogP) is 3.66. The summed E-state index contributed by atoms with van der Waals surface area (Å²) in [7, 11) is 4.67. The average Bonchev–Trinajstić information content (AvgIpc) is 2.59. The van der Waals surface area contributed by atoms with Crippen LogP contribution in [0, 0.1) is 0 Å². The fourth-order valence-corrected chi connectivity index (χ4v) is 2.32. The number of ketones is 1. The summed E-state index contributed by atoms with van der Waals surface area (Å²) >= 11 is 6.04. The lowest BCUT2D eigenvalue weighted by atomic mass is 10.1. The summed E-state index contributed by atoms with van der Waals surface area (Å²) in [6.45, 7) is 0.116. The Balaban J connectivity index is 2.08. The van der Waals surface area contributed by atoms with Gasteiger partial charge in [-0.3, -0.25) is 4.79 Å². The van der Waals surface area contributed by atoms with Crippen molar-refractivity contribution in [1.29, 1.82) is 0 Å². The van der Waals surface area contributed by atoms with Crippen molar-refractivity contribution in [3.63, 3.8) is 0 Å². The van der Waals surface area contributed by atoms with E-state index < -0.39 is 0 Å². The molecule has 0 unspecified atom stereocenters. The van der Waals surface area contributed by atoms with Crippen LogP contribution in [0.15, 0.2) is 36.4 Å². The molecule has 5 nitrogen and oxygen atoms in total. The number of halogens is 1. The van der Waals surface area contributed by atoms with E-state index in [0.717, 1.165) is 0 Å². The molecule has 0 radical (unpaired) electrons. The van der Waals surface area contributed by atoms with E-state index in [1.165, 1.54) is 7.11 Å². The highest BCUT2D eigenvalue weighted by Gasteiger charge is 2.11. The Labute approximate surface area is 140 Å². The van der Waals surface area contributed by atoms with Crippen LogP contribution in [0.1, 0.15) is 10.4 Å². The topological polar surface area (TPSA) is 56.8 Å². The van der Waals surface area contributed by atoms with Gasteiger partial charge in [0.05, 0.1) is 38.6 Å². The van der Waals surface area contributed by atoms with Crippen molar-refractivity contribution in [2.45, 2.75) is 0 Å². The second-order valence-corrected chi connectivity index (χ2v) is 5.10. The summed E-state index contributed by atoms with van der Waals surface area (Å²) in [6.07, 6.45) is 0. The van der Waals surface area contributed by atoms with Gasteiger partial charge in [0.25, 0.3) is 0 Å². The van der Waals surface area contributed by atoms with E-state index in [4.69, 9.17) is 25.8 Å². The minimum absolute atomic E-state index is 0.0903. The molecule has 0 atom stereocenters. The Hall–Kier alpha value is -2.40. The van der Waals surface area contributed by atoms with Gasteiger partial charge in [-0.25, -0.2) is 0 Å². The number of rotatable bonds is 7. The van der Waals surface area contributed by atoms with E-state index in [0.29, 0.717) is 33.5 Å². The molecule has 122 valence electrons. The first kappa shape index (κ1) is 17.0. The van der Waals surface area contributed by atoms with Gasteiger partial charge in [0.15, 0.2) is 5.78 Å². The number of anilines is 1. The third kappa shape index (κ3) is 4.07. The van der Waals surface area contributed by atoms with Crippen LogP contribution in [-0.4, -0.2) is 33.7 Å². The summed E-state index contributed by atoms with van der Waals surface area (Å²) in [5.41, 5.74) is 1.22. The van der Waals surface area contributed by atoms with E-state index in [9.17, 15) is 4.79 Å². The second-order valence-electron chi connectivity index (χ2n) is 4.69. The Morgan fingerprint density at radius 2 is 1.74 bits per heavy atom. The largest absolute Gasteiger partial charge is 0.497 e. The molecule has 0 aliphatic carbocycles. The van der Waals surface area contributed by atoms with Gasteiger partial charge in [-0.15, -0.1) is 0 Å². The lowest BCUT2D eigenvalue weighted by molar-refractivity contribution is 0.101. The third-order valence-electron chi connectivity index (χ3n) is 3.32. The van der Waals surface area contributed by atoms with Crippen LogP contribution < -0.4 is 19.5 Å². The van der Waals surface area contributed by atoms with Crippen LogP contribution >= 0.6 is 11.6 Å². The zero-order chi connectivity index (χ0) is 16.8. The Kier molecular flexibility index (Phi) is 5.71. The molecule has 23 heavy (non-hydrogen) atoms. The molecule has 0 aliphatic rings. The smallest absolute Gasteiger partial charge is 0.181 e. The number of methoxy groups -OCH3 is 3. The fraction of sp³-hybridized carbons (Fsp3) is 0.235. The molecule has 6 heteroatoms. The van der Waals surface area contributed by atoms with E-state index in [2.05, 4.69) is 5.32 Å². The van der Waals surface area contributed by atoms with Crippen molar-refractivity contribution in [2.75, 3.05) is 33.2 Å². The van der Waals surface area contributed by atoms with Crippen LogP contribution in [-0.2, 0) is 0 Å². The van der Waals surface area contributed by atoms with Crippen molar-refractivity contribution >= 4 is 23.1 Å². The van der Waals surface area contributed by atoms with Crippen molar-refractivity contribution in [2.24, 2.45) is 0 Å². The van der Waals surface area contributed by atoms with Crippen molar-refractivity contribution in [1.82, 2.24) is 0 Å². The zero-order valence-electron chi connectivity index (χ0n) is 13.2. The molecular weight excluding hydrogens is 318 g/mol. The number of hydrogen-bond acceptors (Lipinski definition) is 5. The molecule has 2 rings (SSSR count).